The van der Waals surface area contributed by atoms with Gasteiger partial charge in [-0.05, 0) is 5.56 Å². The highest BCUT2D eigenvalue weighted by molar-refractivity contribution is 6.08. The van der Waals surface area contributed by atoms with Crippen LogP contribution < -0.4 is 0 Å². The molecule has 2 unspecified atom stereocenters. The predicted octanol–water partition coefficient (Wildman–Crippen LogP) is 1.79. The predicted molar refractivity (Wildman–Crippen MR) is 79.5 cm³/mol. The lowest BCUT2D eigenvalue weighted by molar-refractivity contribution is -0.141. The highest BCUT2D eigenvalue weighted by Gasteiger charge is 2.21. The number of carbonyl (C=O) groups excluding carboxylic acids is 1. The third-order valence-electron chi connectivity index (χ3n) is 3.30. The Balaban J connectivity index is 2.13. The van der Waals surface area contributed by atoms with E-state index in [4.69, 9.17) is 5.11 Å². The van der Waals surface area contributed by atoms with Gasteiger partial charge in [0.2, 0.25) is 0 Å². The van der Waals surface area contributed by atoms with E-state index in [2.05, 4.69) is 0 Å². The van der Waals surface area contributed by atoms with Gasteiger partial charge in [-0.2, -0.15) is 0 Å². The largest absolute Gasteiger partial charge is 0.481 e. The molecule has 0 aliphatic heterocycles. The second-order valence-electron chi connectivity index (χ2n) is 4.93. The van der Waals surface area contributed by atoms with Gasteiger partial charge in [0.15, 0.2) is 5.78 Å². The van der Waals surface area contributed by atoms with E-state index in [1.807, 2.05) is 6.07 Å². The molecule has 3 N–H and O–H groups in total. The van der Waals surface area contributed by atoms with Gasteiger partial charge < -0.3 is 15.3 Å². The average molecular weight is 300 g/mol. The second kappa shape index (κ2) is 6.98. The number of aliphatic carboxylic acids is 1. The van der Waals surface area contributed by atoms with Gasteiger partial charge in [-0.15, -0.1) is 0 Å². The number of carbonyl (C=O) groups is 2. The Kier molecular flexibility index (Phi) is 5.04. The van der Waals surface area contributed by atoms with Crippen LogP contribution in [0.1, 0.15) is 34.0 Å². The highest BCUT2D eigenvalue weighted by Crippen LogP contribution is 2.20. The number of hydrogen-bond donors (Lipinski definition) is 3. The summed E-state index contributed by atoms with van der Waals surface area (Å²) in [5.74, 6) is -1.34. The van der Waals surface area contributed by atoms with Gasteiger partial charge in [0.05, 0.1) is 12.5 Å². The highest BCUT2D eigenvalue weighted by atomic mass is 16.4. The van der Waals surface area contributed by atoms with E-state index in [9.17, 15) is 19.8 Å². The molecule has 0 spiro atoms. The summed E-state index contributed by atoms with van der Waals surface area (Å²) in [5, 5.41) is 28.1. The van der Waals surface area contributed by atoms with Gasteiger partial charge in [-0.25, -0.2) is 0 Å². The molecule has 0 bridgehead atoms. The first-order chi connectivity index (χ1) is 10.5. The van der Waals surface area contributed by atoms with Crippen LogP contribution in [0, 0.1) is 0 Å². The summed E-state index contributed by atoms with van der Waals surface area (Å²) >= 11 is 0. The van der Waals surface area contributed by atoms with Gasteiger partial charge in [0.1, 0.15) is 6.10 Å². The van der Waals surface area contributed by atoms with Crippen molar-refractivity contribution in [2.24, 2.45) is 0 Å². The Morgan fingerprint density at radius 1 is 0.864 bits per heavy atom. The number of ketones is 1. The smallest absolute Gasteiger partial charge is 0.306 e. The number of aliphatic hydroxyl groups is 2. The molecule has 5 heteroatoms. The molecule has 0 heterocycles. The Hall–Kier alpha value is -2.50. The zero-order valence-electron chi connectivity index (χ0n) is 11.7. The fraction of sp³-hybridized carbons (Fsp3) is 0.176. The zero-order valence-corrected chi connectivity index (χ0v) is 11.7. The minimum absolute atomic E-state index is 0.146. The van der Waals surface area contributed by atoms with E-state index < -0.39 is 24.6 Å². The maximum Gasteiger partial charge on any atom is 0.306 e. The molecule has 0 amide bonds. The molecule has 2 aromatic carbocycles. The fourth-order valence-electron chi connectivity index (χ4n) is 2.10. The summed E-state index contributed by atoms with van der Waals surface area (Å²) in [5.41, 5.74) is 1.37. The van der Waals surface area contributed by atoms with Crippen molar-refractivity contribution in [3.05, 3.63) is 71.3 Å². The standard InChI is InChI=1S/C17H16O5/c18-14(10-15(19)20)17(22)13-8-6-12(7-9-13)16(21)11-4-2-1-3-5-11/h1-9,14,17-18,22H,10H2,(H,19,20). The van der Waals surface area contributed by atoms with Crippen LogP contribution in [0.15, 0.2) is 54.6 Å². The first kappa shape index (κ1) is 15.9. The summed E-state index contributed by atoms with van der Waals surface area (Å²) in [6.07, 6.45) is -3.25. The molecule has 2 aromatic rings. The molecule has 2 rings (SSSR count). The van der Waals surface area contributed by atoms with Crippen LogP contribution in [-0.2, 0) is 4.79 Å². The van der Waals surface area contributed by atoms with Crippen molar-refractivity contribution < 1.29 is 24.9 Å². The third-order valence-corrected chi connectivity index (χ3v) is 3.30. The quantitative estimate of drug-likeness (QED) is 0.707. The lowest BCUT2D eigenvalue weighted by Gasteiger charge is -2.16. The van der Waals surface area contributed by atoms with Crippen LogP contribution in [-0.4, -0.2) is 33.2 Å². The van der Waals surface area contributed by atoms with Gasteiger partial charge in [0, 0.05) is 11.1 Å². The Morgan fingerprint density at radius 2 is 1.41 bits per heavy atom. The van der Waals surface area contributed by atoms with Gasteiger partial charge in [0.25, 0.3) is 0 Å². The van der Waals surface area contributed by atoms with Crippen LogP contribution in [0.3, 0.4) is 0 Å². The topological polar surface area (TPSA) is 94.8 Å². The molecule has 0 saturated carbocycles. The SMILES string of the molecule is O=C(O)CC(O)C(O)c1ccc(C(=O)c2ccccc2)cc1. The summed E-state index contributed by atoms with van der Waals surface area (Å²) in [7, 11) is 0. The molecule has 114 valence electrons. The van der Waals surface area contributed by atoms with Crippen LogP contribution in [0.2, 0.25) is 0 Å². The molecule has 0 saturated heterocycles. The summed E-state index contributed by atoms with van der Waals surface area (Å²) in [6, 6.07) is 14.9. The first-order valence-electron chi connectivity index (χ1n) is 6.76. The minimum Gasteiger partial charge on any atom is -0.481 e. The number of aliphatic hydroxyl groups excluding tert-OH is 2. The zero-order chi connectivity index (χ0) is 16.1. The fourth-order valence-corrected chi connectivity index (χ4v) is 2.10. The van der Waals surface area contributed by atoms with Crippen molar-refractivity contribution in [2.75, 3.05) is 0 Å². The molecule has 0 aliphatic carbocycles. The maximum atomic E-state index is 12.2. The molecular formula is C17H16O5. The summed E-state index contributed by atoms with van der Waals surface area (Å²) in [4.78, 5) is 22.7. The van der Waals surface area contributed by atoms with Gasteiger partial charge in [-0.1, -0.05) is 54.6 Å². The Morgan fingerprint density at radius 3 is 1.95 bits per heavy atom. The van der Waals surface area contributed by atoms with Crippen molar-refractivity contribution >= 4 is 11.8 Å². The molecule has 22 heavy (non-hydrogen) atoms. The van der Waals surface area contributed by atoms with Crippen LogP contribution in [0.5, 0.6) is 0 Å². The van der Waals surface area contributed by atoms with Crippen molar-refractivity contribution in [3.63, 3.8) is 0 Å². The molecule has 2 atom stereocenters. The normalized spacial score (nSPS) is 13.4. The van der Waals surface area contributed by atoms with E-state index in [-0.39, 0.29) is 5.78 Å². The number of carboxylic acids is 1. The van der Waals surface area contributed by atoms with Crippen LogP contribution in [0.4, 0.5) is 0 Å². The molecule has 5 nitrogen and oxygen atoms in total. The van der Waals surface area contributed by atoms with Crippen molar-refractivity contribution in [2.45, 2.75) is 18.6 Å². The molecule has 0 fully saturated rings. The van der Waals surface area contributed by atoms with E-state index in [1.54, 1.807) is 36.4 Å². The molecule has 0 aliphatic rings. The average Bonchev–Trinajstić information content (AvgIpc) is 2.54. The lowest BCUT2D eigenvalue weighted by atomic mass is 9.98. The van der Waals surface area contributed by atoms with E-state index in [1.165, 1.54) is 12.1 Å². The van der Waals surface area contributed by atoms with E-state index in [0.717, 1.165) is 0 Å². The van der Waals surface area contributed by atoms with Crippen LogP contribution in [0.25, 0.3) is 0 Å². The molecule has 0 radical (unpaired) electrons. The van der Waals surface area contributed by atoms with Gasteiger partial charge in [-0.3, -0.25) is 9.59 Å². The second-order valence-corrected chi connectivity index (χ2v) is 4.93. The minimum atomic E-state index is -1.40. The van der Waals surface area contributed by atoms with Crippen molar-refractivity contribution in [1.29, 1.82) is 0 Å². The van der Waals surface area contributed by atoms with Crippen molar-refractivity contribution in [3.8, 4) is 0 Å². The van der Waals surface area contributed by atoms with E-state index in [0.29, 0.717) is 16.7 Å². The number of hydrogen-bond acceptors (Lipinski definition) is 4. The summed E-state index contributed by atoms with van der Waals surface area (Å²) < 4.78 is 0. The Labute approximate surface area is 127 Å². The van der Waals surface area contributed by atoms with E-state index >= 15 is 0 Å². The lowest BCUT2D eigenvalue weighted by Crippen LogP contribution is -2.21. The molecule has 0 aromatic heterocycles. The third kappa shape index (κ3) is 3.78. The monoisotopic (exact) mass is 300 g/mol. The maximum absolute atomic E-state index is 12.2. The first-order valence-corrected chi connectivity index (χ1v) is 6.76. The summed E-state index contributed by atoms with van der Waals surface area (Å²) in [6.45, 7) is 0. The van der Waals surface area contributed by atoms with Crippen molar-refractivity contribution in [1.82, 2.24) is 0 Å². The molecular weight excluding hydrogens is 284 g/mol. The van der Waals surface area contributed by atoms with Gasteiger partial charge >= 0.3 is 5.97 Å². The number of rotatable bonds is 6. The number of benzene rings is 2. The Bertz CT molecular complexity index is 649. The number of carboxylic acid groups (broad SMARTS) is 1. The van der Waals surface area contributed by atoms with Crippen LogP contribution >= 0.6 is 0 Å².